The number of carbonyl (C=O) groups is 1. The molecular formula is C23H26N4O4S. The molecule has 8 nitrogen and oxygen atoms in total. The number of carbonyl (C=O) groups excluding carboxylic acids is 1. The molecule has 0 atom stereocenters. The first-order chi connectivity index (χ1) is 15.3. The molecule has 1 saturated heterocycles. The van der Waals surface area contributed by atoms with Crippen LogP contribution in [0.15, 0.2) is 65.8 Å². The van der Waals surface area contributed by atoms with E-state index < -0.39 is 10.0 Å². The predicted octanol–water partition coefficient (Wildman–Crippen LogP) is 2.35. The zero-order chi connectivity index (χ0) is 22.7. The van der Waals surface area contributed by atoms with E-state index in [1.165, 1.54) is 16.4 Å². The first-order valence-electron chi connectivity index (χ1n) is 10.5. The molecule has 0 unspecified atom stereocenters. The van der Waals surface area contributed by atoms with Crippen LogP contribution in [-0.2, 0) is 21.2 Å². The Bertz CT molecular complexity index is 1200. The van der Waals surface area contributed by atoms with Crippen LogP contribution in [0.1, 0.15) is 17.5 Å². The number of para-hydroxylation sites is 1. The van der Waals surface area contributed by atoms with Gasteiger partial charge in [-0.05, 0) is 48.7 Å². The van der Waals surface area contributed by atoms with Gasteiger partial charge < -0.3 is 10.0 Å². The van der Waals surface area contributed by atoms with E-state index >= 15 is 0 Å². The zero-order valence-corrected chi connectivity index (χ0v) is 18.7. The highest BCUT2D eigenvalue weighted by Gasteiger charge is 2.31. The Labute approximate surface area is 187 Å². The molecule has 3 aromatic rings. The van der Waals surface area contributed by atoms with Crippen LogP contribution in [0.25, 0.3) is 5.69 Å². The summed E-state index contributed by atoms with van der Waals surface area (Å²) in [6.07, 6.45) is 4.59. The fraction of sp³-hybridized carbons (Fsp3) is 0.304. The van der Waals surface area contributed by atoms with Crippen LogP contribution in [-0.4, -0.2) is 64.6 Å². The van der Waals surface area contributed by atoms with Crippen LogP contribution < -0.4 is 0 Å². The van der Waals surface area contributed by atoms with Crippen molar-refractivity contribution in [1.82, 2.24) is 19.0 Å². The van der Waals surface area contributed by atoms with Crippen molar-refractivity contribution in [2.45, 2.75) is 24.7 Å². The maximum Gasteiger partial charge on any atom is 0.246 e. The average molecular weight is 455 g/mol. The molecule has 0 saturated carbocycles. The minimum atomic E-state index is -3.81. The van der Waals surface area contributed by atoms with Crippen molar-refractivity contribution in [3.63, 3.8) is 0 Å². The number of rotatable bonds is 6. The lowest BCUT2D eigenvalue weighted by Gasteiger charge is -2.34. The largest absolute Gasteiger partial charge is 0.507 e. The number of sulfonamides is 1. The summed E-state index contributed by atoms with van der Waals surface area (Å²) in [5.74, 6) is -0.266. The topological polar surface area (TPSA) is 95.7 Å². The van der Waals surface area contributed by atoms with Gasteiger partial charge in [0.1, 0.15) is 10.6 Å². The molecule has 1 aliphatic heterocycles. The fourth-order valence-electron chi connectivity index (χ4n) is 3.77. The number of piperazine rings is 1. The summed E-state index contributed by atoms with van der Waals surface area (Å²) in [5, 5.41) is 14.4. The predicted molar refractivity (Wildman–Crippen MR) is 120 cm³/mol. The van der Waals surface area contributed by atoms with E-state index in [4.69, 9.17) is 0 Å². The number of aromatic nitrogens is 2. The smallest absolute Gasteiger partial charge is 0.246 e. The van der Waals surface area contributed by atoms with E-state index in [0.29, 0.717) is 25.9 Å². The lowest BCUT2D eigenvalue weighted by molar-refractivity contribution is -0.132. The standard InChI is InChI=1S/C23H26N4O4S/c1-18-7-9-21(28)22(15-18)32(30,31)26-13-11-25(12-14-26)23(29)10-8-19-16-24-27(17-19)20-5-3-2-4-6-20/h2-7,9,15-17,28H,8,10-14H2,1H3. The van der Waals surface area contributed by atoms with Gasteiger partial charge in [-0.1, -0.05) is 24.3 Å². The number of nitrogens with zero attached hydrogens (tertiary/aromatic N) is 4. The Morgan fingerprint density at radius 1 is 1.06 bits per heavy atom. The van der Waals surface area contributed by atoms with Crippen LogP contribution in [0.4, 0.5) is 0 Å². The van der Waals surface area contributed by atoms with Crippen LogP contribution in [0, 0.1) is 6.92 Å². The van der Waals surface area contributed by atoms with Gasteiger partial charge in [-0.25, -0.2) is 13.1 Å². The Morgan fingerprint density at radius 3 is 2.50 bits per heavy atom. The van der Waals surface area contributed by atoms with Crippen molar-refractivity contribution in [1.29, 1.82) is 0 Å². The van der Waals surface area contributed by atoms with Gasteiger partial charge in [0.25, 0.3) is 0 Å². The third-order valence-electron chi connectivity index (χ3n) is 5.61. The second-order valence-corrected chi connectivity index (χ2v) is 9.79. The monoisotopic (exact) mass is 454 g/mol. The number of hydrogen-bond acceptors (Lipinski definition) is 5. The average Bonchev–Trinajstić information content (AvgIpc) is 3.29. The minimum absolute atomic E-state index is 0.00656. The summed E-state index contributed by atoms with van der Waals surface area (Å²) < 4.78 is 29.0. The van der Waals surface area contributed by atoms with Crippen LogP contribution in [0.5, 0.6) is 5.75 Å². The maximum atomic E-state index is 12.9. The van der Waals surface area contributed by atoms with Crippen LogP contribution in [0.3, 0.4) is 0 Å². The second kappa shape index (κ2) is 9.13. The number of amides is 1. The van der Waals surface area contributed by atoms with Crippen molar-refractivity contribution in [3.8, 4) is 11.4 Å². The van der Waals surface area contributed by atoms with E-state index in [1.807, 2.05) is 36.5 Å². The van der Waals surface area contributed by atoms with E-state index in [1.54, 1.807) is 28.8 Å². The Balaban J connectivity index is 1.32. The number of aromatic hydroxyl groups is 1. The van der Waals surface area contributed by atoms with Gasteiger partial charge in [0.2, 0.25) is 15.9 Å². The molecular weight excluding hydrogens is 428 g/mol. The lowest BCUT2D eigenvalue weighted by Crippen LogP contribution is -2.50. The molecule has 32 heavy (non-hydrogen) atoms. The molecule has 2 aromatic carbocycles. The normalized spacial score (nSPS) is 15.1. The summed E-state index contributed by atoms with van der Waals surface area (Å²) in [5.41, 5.74) is 2.69. The first kappa shape index (κ1) is 22.0. The Morgan fingerprint density at radius 2 is 1.78 bits per heavy atom. The highest BCUT2D eigenvalue weighted by atomic mass is 32.2. The summed E-state index contributed by atoms with van der Waals surface area (Å²) in [6.45, 7) is 2.83. The molecule has 1 N–H and O–H groups in total. The Kier molecular flexibility index (Phi) is 6.29. The molecule has 0 bridgehead atoms. The summed E-state index contributed by atoms with van der Waals surface area (Å²) in [6, 6.07) is 14.3. The van der Waals surface area contributed by atoms with E-state index in [-0.39, 0.29) is 29.6 Å². The third-order valence-corrected chi connectivity index (χ3v) is 7.54. The molecule has 2 heterocycles. The quantitative estimate of drug-likeness (QED) is 0.617. The molecule has 4 rings (SSSR count). The van der Waals surface area contributed by atoms with Gasteiger partial charge in [-0.15, -0.1) is 0 Å². The number of phenolic OH excluding ortho intramolecular Hbond substituents is 1. The van der Waals surface area contributed by atoms with Crippen molar-refractivity contribution >= 4 is 15.9 Å². The van der Waals surface area contributed by atoms with Crippen molar-refractivity contribution in [2.75, 3.05) is 26.2 Å². The van der Waals surface area contributed by atoms with Gasteiger partial charge >= 0.3 is 0 Å². The summed E-state index contributed by atoms with van der Waals surface area (Å²) in [7, 11) is -3.81. The zero-order valence-electron chi connectivity index (χ0n) is 17.9. The molecule has 0 aliphatic carbocycles. The number of hydrogen-bond donors (Lipinski definition) is 1. The summed E-state index contributed by atoms with van der Waals surface area (Å²) >= 11 is 0. The van der Waals surface area contributed by atoms with Gasteiger partial charge in [0.15, 0.2) is 0 Å². The molecule has 1 aromatic heterocycles. The molecule has 168 valence electrons. The number of benzene rings is 2. The van der Waals surface area contributed by atoms with Crippen LogP contribution >= 0.6 is 0 Å². The van der Waals surface area contributed by atoms with E-state index in [9.17, 15) is 18.3 Å². The van der Waals surface area contributed by atoms with E-state index in [0.717, 1.165) is 16.8 Å². The van der Waals surface area contributed by atoms with Crippen molar-refractivity contribution < 1.29 is 18.3 Å². The highest BCUT2D eigenvalue weighted by molar-refractivity contribution is 7.89. The minimum Gasteiger partial charge on any atom is -0.507 e. The number of aryl methyl sites for hydroxylation is 2. The molecule has 1 amide bonds. The molecule has 9 heteroatoms. The number of phenols is 1. The van der Waals surface area contributed by atoms with Crippen molar-refractivity contribution in [2.24, 2.45) is 0 Å². The van der Waals surface area contributed by atoms with E-state index in [2.05, 4.69) is 5.10 Å². The van der Waals surface area contributed by atoms with Gasteiger partial charge in [-0.2, -0.15) is 9.40 Å². The van der Waals surface area contributed by atoms with Crippen molar-refractivity contribution in [3.05, 3.63) is 72.1 Å². The third kappa shape index (κ3) is 4.68. The van der Waals surface area contributed by atoms with Gasteiger partial charge in [0.05, 0.1) is 11.9 Å². The Hall–Kier alpha value is -3.17. The van der Waals surface area contributed by atoms with Gasteiger partial charge in [-0.3, -0.25) is 4.79 Å². The molecule has 1 aliphatic rings. The molecule has 1 fully saturated rings. The second-order valence-electron chi connectivity index (χ2n) is 7.88. The maximum absolute atomic E-state index is 12.9. The summed E-state index contributed by atoms with van der Waals surface area (Å²) in [4.78, 5) is 14.3. The highest BCUT2D eigenvalue weighted by Crippen LogP contribution is 2.27. The lowest BCUT2D eigenvalue weighted by atomic mass is 10.2. The first-order valence-corrected chi connectivity index (χ1v) is 11.9. The molecule has 0 spiro atoms. The van der Waals surface area contributed by atoms with Gasteiger partial charge in [0, 0.05) is 38.8 Å². The molecule has 0 radical (unpaired) electrons. The fourth-order valence-corrected chi connectivity index (χ4v) is 5.35. The van der Waals surface area contributed by atoms with Crippen LogP contribution in [0.2, 0.25) is 0 Å². The SMILES string of the molecule is Cc1ccc(O)c(S(=O)(=O)N2CCN(C(=O)CCc3cnn(-c4ccccc4)c3)CC2)c1.